The van der Waals surface area contributed by atoms with Crippen LogP contribution < -0.4 is 0 Å². The highest BCUT2D eigenvalue weighted by atomic mass is 32.1. The molecule has 1 aliphatic carbocycles. The van der Waals surface area contributed by atoms with Crippen molar-refractivity contribution in [2.24, 2.45) is 11.8 Å². The van der Waals surface area contributed by atoms with Crippen LogP contribution in [0, 0.1) is 30.1 Å². The number of esters is 1. The molecule has 0 unspecified atom stereocenters. The number of ketones is 1. The maximum absolute atomic E-state index is 11.9. The van der Waals surface area contributed by atoms with E-state index in [2.05, 4.69) is 4.98 Å². The minimum atomic E-state index is -0.942. The van der Waals surface area contributed by atoms with E-state index in [1.165, 1.54) is 11.3 Å². The molecule has 1 saturated carbocycles. The Labute approximate surface area is 115 Å². The summed E-state index contributed by atoms with van der Waals surface area (Å²) in [6, 6.07) is 1.92. The molecule has 0 aliphatic heterocycles. The maximum atomic E-state index is 11.9. The minimum absolute atomic E-state index is 0.0737. The van der Waals surface area contributed by atoms with Gasteiger partial charge in [0.15, 0.2) is 18.3 Å². The SMILES string of the molecule is Cc1csc([C@@H](C#N)C(=O)COC(=O)[C@@H]2C[C@@H]2C)n1. The fourth-order valence-corrected chi connectivity index (χ4v) is 2.61. The molecule has 1 heterocycles. The molecule has 0 aromatic carbocycles. The van der Waals surface area contributed by atoms with Gasteiger partial charge in [-0.05, 0) is 19.3 Å². The molecule has 1 aromatic rings. The van der Waals surface area contributed by atoms with Gasteiger partial charge >= 0.3 is 5.97 Å². The number of nitrogens with zero attached hydrogens (tertiary/aromatic N) is 2. The van der Waals surface area contributed by atoms with Gasteiger partial charge in [-0.25, -0.2) is 4.98 Å². The quantitative estimate of drug-likeness (QED) is 0.767. The Balaban J connectivity index is 1.91. The van der Waals surface area contributed by atoms with Crippen LogP contribution in [0.3, 0.4) is 0 Å². The molecular weight excluding hydrogens is 264 g/mol. The van der Waals surface area contributed by atoms with Gasteiger partial charge in [0.05, 0.1) is 12.0 Å². The highest BCUT2D eigenvalue weighted by Crippen LogP contribution is 2.38. The second kappa shape index (κ2) is 5.49. The molecule has 1 fully saturated rings. The van der Waals surface area contributed by atoms with E-state index in [0.717, 1.165) is 12.1 Å². The number of carbonyl (C=O) groups excluding carboxylic acids is 2. The average molecular weight is 278 g/mol. The van der Waals surface area contributed by atoms with Gasteiger partial charge in [-0.15, -0.1) is 11.3 Å². The van der Waals surface area contributed by atoms with E-state index in [9.17, 15) is 9.59 Å². The first-order valence-electron chi connectivity index (χ1n) is 6.04. The Morgan fingerprint density at radius 1 is 1.68 bits per heavy atom. The smallest absolute Gasteiger partial charge is 0.309 e. The van der Waals surface area contributed by atoms with Crippen molar-refractivity contribution < 1.29 is 14.3 Å². The van der Waals surface area contributed by atoms with Gasteiger partial charge in [0, 0.05) is 11.1 Å². The molecule has 0 N–H and O–H groups in total. The second-order valence-corrected chi connectivity index (χ2v) is 5.67. The van der Waals surface area contributed by atoms with Gasteiger partial charge in [0.25, 0.3) is 0 Å². The normalized spacial score (nSPS) is 22.4. The first kappa shape index (κ1) is 13.7. The zero-order chi connectivity index (χ0) is 14.0. The van der Waals surface area contributed by atoms with Crippen LogP contribution in [-0.4, -0.2) is 23.3 Å². The number of rotatable bonds is 5. The number of nitriles is 1. The predicted octanol–water partition coefficient (Wildman–Crippen LogP) is 1.83. The van der Waals surface area contributed by atoms with Crippen LogP contribution in [0.5, 0.6) is 0 Å². The fraction of sp³-hybridized carbons (Fsp3) is 0.538. The lowest BCUT2D eigenvalue weighted by atomic mass is 10.1. The monoisotopic (exact) mass is 278 g/mol. The Morgan fingerprint density at radius 3 is 2.84 bits per heavy atom. The Hall–Kier alpha value is -1.74. The van der Waals surface area contributed by atoms with Crippen LogP contribution in [0.25, 0.3) is 0 Å². The van der Waals surface area contributed by atoms with Crippen LogP contribution in [0.2, 0.25) is 0 Å². The number of aromatic nitrogens is 1. The fourth-order valence-electron chi connectivity index (χ4n) is 1.75. The van der Waals surface area contributed by atoms with Crippen LogP contribution >= 0.6 is 11.3 Å². The minimum Gasteiger partial charge on any atom is -0.457 e. The van der Waals surface area contributed by atoms with E-state index in [1.54, 1.807) is 12.3 Å². The van der Waals surface area contributed by atoms with E-state index < -0.39 is 11.7 Å². The predicted molar refractivity (Wildman–Crippen MR) is 68.4 cm³/mol. The third kappa shape index (κ3) is 3.18. The Kier molecular flexibility index (Phi) is 3.96. The maximum Gasteiger partial charge on any atom is 0.309 e. The van der Waals surface area contributed by atoms with E-state index >= 15 is 0 Å². The molecule has 0 saturated heterocycles. The zero-order valence-electron chi connectivity index (χ0n) is 10.8. The zero-order valence-corrected chi connectivity index (χ0v) is 11.6. The number of thiazole rings is 1. The molecule has 1 aromatic heterocycles. The number of aryl methyl sites for hydroxylation is 1. The largest absolute Gasteiger partial charge is 0.457 e. The summed E-state index contributed by atoms with van der Waals surface area (Å²) in [5.74, 6) is -1.43. The summed E-state index contributed by atoms with van der Waals surface area (Å²) < 4.78 is 4.95. The van der Waals surface area contributed by atoms with Gasteiger partial charge in [-0.2, -0.15) is 5.26 Å². The summed E-state index contributed by atoms with van der Waals surface area (Å²) in [6.45, 7) is 3.41. The molecule has 0 amide bonds. The highest BCUT2D eigenvalue weighted by molar-refractivity contribution is 7.09. The van der Waals surface area contributed by atoms with E-state index in [-0.39, 0.29) is 18.5 Å². The number of hydrogen-bond acceptors (Lipinski definition) is 6. The molecular formula is C13H14N2O3S. The summed E-state index contributed by atoms with van der Waals surface area (Å²) in [7, 11) is 0. The lowest BCUT2D eigenvalue weighted by Crippen LogP contribution is -2.20. The van der Waals surface area contributed by atoms with Crippen molar-refractivity contribution in [3.8, 4) is 6.07 Å². The van der Waals surface area contributed by atoms with Gasteiger partial charge in [-0.1, -0.05) is 6.92 Å². The molecule has 100 valence electrons. The average Bonchev–Trinajstić information content (AvgIpc) is 2.96. The third-order valence-corrected chi connectivity index (χ3v) is 4.13. The molecule has 1 aliphatic rings. The summed E-state index contributed by atoms with van der Waals surface area (Å²) in [6.07, 6.45) is 0.820. The van der Waals surface area contributed by atoms with Crippen molar-refractivity contribution >= 4 is 23.1 Å². The highest BCUT2D eigenvalue weighted by Gasteiger charge is 2.41. The summed E-state index contributed by atoms with van der Waals surface area (Å²) in [4.78, 5) is 27.5. The lowest BCUT2D eigenvalue weighted by Gasteiger charge is -2.06. The van der Waals surface area contributed by atoms with Crippen molar-refractivity contribution in [1.82, 2.24) is 4.98 Å². The summed E-state index contributed by atoms with van der Waals surface area (Å²) in [5.41, 5.74) is 0.775. The topological polar surface area (TPSA) is 80.0 Å². The molecule has 6 heteroatoms. The lowest BCUT2D eigenvalue weighted by molar-refractivity contribution is -0.149. The standard InChI is InChI=1S/C13H14N2O3S/c1-7-3-9(7)13(17)18-5-11(16)10(4-14)12-15-8(2)6-19-12/h6-7,9-10H,3,5H2,1-2H3/t7-,9+,10-/m0/s1. The van der Waals surface area contributed by atoms with E-state index in [4.69, 9.17) is 10.00 Å². The summed E-state index contributed by atoms with van der Waals surface area (Å²) >= 11 is 1.27. The van der Waals surface area contributed by atoms with Crippen molar-refractivity contribution in [2.45, 2.75) is 26.2 Å². The number of Topliss-reactive ketones (excluding diaryl/α,β-unsaturated/α-hetero) is 1. The van der Waals surface area contributed by atoms with Gasteiger partial charge in [0.1, 0.15) is 5.01 Å². The van der Waals surface area contributed by atoms with Crippen molar-refractivity contribution in [3.63, 3.8) is 0 Å². The number of carbonyl (C=O) groups is 2. The first-order valence-corrected chi connectivity index (χ1v) is 6.92. The van der Waals surface area contributed by atoms with Crippen LogP contribution in [0.15, 0.2) is 5.38 Å². The molecule has 0 spiro atoms. The third-order valence-electron chi connectivity index (χ3n) is 3.10. The second-order valence-electron chi connectivity index (χ2n) is 4.78. The first-order chi connectivity index (χ1) is 9.02. The van der Waals surface area contributed by atoms with Gasteiger partial charge in [-0.3, -0.25) is 9.59 Å². The number of ether oxygens (including phenoxy) is 1. The van der Waals surface area contributed by atoms with Crippen molar-refractivity contribution in [3.05, 3.63) is 16.1 Å². The van der Waals surface area contributed by atoms with Crippen LogP contribution in [-0.2, 0) is 14.3 Å². The van der Waals surface area contributed by atoms with Gasteiger partial charge in [0.2, 0.25) is 0 Å². The van der Waals surface area contributed by atoms with Crippen LogP contribution in [0.1, 0.15) is 30.0 Å². The Morgan fingerprint density at radius 2 is 2.37 bits per heavy atom. The van der Waals surface area contributed by atoms with E-state index in [1.807, 2.05) is 13.0 Å². The molecule has 19 heavy (non-hydrogen) atoms. The Bertz CT molecular complexity index is 546. The van der Waals surface area contributed by atoms with E-state index in [0.29, 0.717) is 10.9 Å². The molecule has 0 bridgehead atoms. The molecule has 0 radical (unpaired) electrons. The molecule has 5 nitrogen and oxygen atoms in total. The summed E-state index contributed by atoms with van der Waals surface area (Å²) in [5, 5.41) is 11.3. The molecule has 3 atom stereocenters. The van der Waals surface area contributed by atoms with Crippen molar-refractivity contribution in [2.75, 3.05) is 6.61 Å². The van der Waals surface area contributed by atoms with Gasteiger partial charge < -0.3 is 4.74 Å². The van der Waals surface area contributed by atoms with Crippen LogP contribution in [0.4, 0.5) is 0 Å². The van der Waals surface area contributed by atoms with Crippen molar-refractivity contribution in [1.29, 1.82) is 5.26 Å². The molecule has 2 rings (SSSR count). The number of hydrogen-bond donors (Lipinski definition) is 0.